The third-order valence-corrected chi connectivity index (χ3v) is 5.37. The van der Waals surface area contributed by atoms with E-state index >= 15 is 0 Å². The molecular weight excluding hydrogens is 448 g/mol. The maximum Gasteiger partial charge on any atom is 0.327 e. The highest BCUT2D eigenvalue weighted by molar-refractivity contribution is 6.09. The lowest BCUT2D eigenvalue weighted by molar-refractivity contribution is -0.148. The van der Waals surface area contributed by atoms with E-state index in [1.807, 2.05) is 27.7 Å². The molecule has 4 N–H and O–H groups in total. The van der Waals surface area contributed by atoms with E-state index < -0.39 is 59.0 Å². The molecule has 2 heterocycles. The number of aliphatic carboxylic acids is 2. The third-order valence-electron chi connectivity index (χ3n) is 5.37. The highest BCUT2D eigenvalue weighted by atomic mass is 16.4. The Morgan fingerprint density at radius 1 is 0.706 bits per heavy atom. The molecule has 2 aliphatic heterocycles. The Balaban J connectivity index is 0.000000340. The van der Waals surface area contributed by atoms with Gasteiger partial charge >= 0.3 is 24.0 Å². The van der Waals surface area contributed by atoms with Crippen molar-refractivity contribution in [2.24, 2.45) is 11.8 Å². The van der Waals surface area contributed by atoms with Crippen LogP contribution in [0, 0.1) is 11.8 Å². The lowest BCUT2D eigenvalue weighted by Gasteiger charge is -2.23. The number of carbonyl (C=O) groups excluding carboxylic acids is 4. The van der Waals surface area contributed by atoms with Gasteiger partial charge in [0.1, 0.15) is 23.2 Å². The normalized spacial score (nSPS) is 20.6. The summed E-state index contributed by atoms with van der Waals surface area (Å²) in [5, 5.41) is 23.2. The number of hydrogen-bond donors (Lipinski definition) is 4. The van der Waals surface area contributed by atoms with Crippen molar-refractivity contribution in [1.82, 2.24) is 20.4 Å². The summed E-state index contributed by atoms with van der Waals surface area (Å²) in [6.45, 7) is 13.6. The largest absolute Gasteiger partial charge is 0.480 e. The van der Waals surface area contributed by atoms with Gasteiger partial charge in [-0.1, -0.05) is 27.7 Å². The summed E-state index contributed by atoms with van der Waals surface area (Å²) in [6.07, 6.45) is 0.509. The van der Waals surface area contributed by atoms with Crippen molar-refractivity contribution in [3.63, 3.8) is 0 Å². The molecule has 0 bridgehead atoms. The van der Waals surface area contributed by atoms with Crippen LogP contribution in [0.1, 0.15) is 68.2 Å². The lowest BCUT2D eigenvalue weighted by Crippen LogP contribution is -2.47. The van der Waals surface area contributed by atoms with Gasteiger partial charge in [-0.2, -0.15) is 0 Å². The molecule has 0 aromatic carbocycles. The first-order valence-electron chi connectivity index (χ1n) is 11.1. The van der Waals surface area contributed by atoms with E-state index in [1.165, 1.54) is 0 Å². The summed E-state index contributed by atoms with van der Waals surface area (Å²) in [5.74, 6) is -3.12. The average Bonchev–Trinajstić information content (AvgIpc) is 2.97. The summed E-state index contributed by atoms with van der Waals surface area (Å²) in [6, 6.07) is -3.45. The maximum atomic E-state index is 11.9. The summed E-state index contributed by atoms with van der Waals surface area (Å²) < 4.78 is 0. The van der Waals surface area contributed by atoms with Gasteiger partial charge < -0.3 is 20.8 Å². The number of hydrogen-bond acceptors (Lipinski definition) is 6. The molecule has 0 aliphatic carbocycles. The van der Waals surface area contributed by atoms with Crippen molar-refractivity contribution in [1.29, 1.82) is 0 Å². The van der Waals surface area contributed by atoms with Gasteiger partial charge in [-0.05, 0) is 52.4 Å². The van der Waals surface area contributed by atoms with Gasteiger partial charge in [-0.25, -0.2) is 29.0 Å². The van der Waals surface area contributed by atoms with Gasteiger partial charge in [0.05, 0.1) is 0 Å². The molecular formula is C22H36N4O8. The number of carbonyl (C=O) groups is 6. The highest BCUT2D eigenvalue weighted by Crippen LogP contribution is 2.24. The van der Waals surface area contributed by atoms with Crippen LogP contribution < -0.4 is 10.6 Å². The molecule has 0 unspecified atom stereocenters. The second-order valence-electron chi connectivity index (χ2n) is 10.4. The molecule has 2 aliphatic rings. The van der Waals surface area contributed by atoms with E-state index in [0.717, 1.165) is 9.80 Å². The number of imide groups is 2. The minimum atomic E-state index is -1.15. The first-order chi connectivity index (χ1) is 15.3. The number of nitrogens with one attached hydrogen (secondary N) is 2. The topological polar surface area (TPSA) is 173 Å². The Morgan fingerprint density at radius 3 is 1.12 bits per heavy atom. The van der Waals surface area contributed by atoms with Gasteiger partial charge in [-0.3, -0.25) is 9.59 Å². The van der Waals surface area contributed by atoms with Crippen LogP contribution in [0.2, 0.25) is 0 Å². The Kier molecular flexibility index (Phi) is 8.82. The number of carboxylic acids is 2. The van der Waals surface area contributed by atoms with Crippen LogP contribution in [0.25, 0.3) is 0 Å². The molecule has 0 saturated carbocycles. The Labute approximate surface area is 199 Å². The molecule has 2 fully saturated rings. The second-order valence-corrected chi connectivity index (χ2v) is 10.4. The van der Waals surface area contributed by atoms with Gasteiger partial charge in [0.15, 0.2) is 0 Å². The zero-order chi connectivity index (χ0) is 26.8. The Morgan fingerprint density at radius 2 is 0.971 bits per heavy atom. The molecule has 192 valence electrons. The second kappa shape index (κ2) is 10.4. The van der Waals surface area contributed by atoms with Crippen LogP contribution in [0.3, 0.4) is 0 Å². The predicted octanol–water partition coefficient (Wildman–Crippen LogP) is 1.63. The standard InChI is InChI=1S/2C11H18N2O4/c2*1-6(2)5-7(8(14)15)13-9(16)11(3,4)12-10(13)17/h2*6-7H,5H2,1-4H3,(H,12,17)(H,14,15)/t2*7-/m10/s1. The fraction of sp³-hybridized carbons (Fsp3) is 0.727. The Hall–Kier alpha value is -3.18. The molecule has 0 aromatic rings. The summed E-state index contributed by atoms with van der Waals surface area (Å²) >= 11 is 0. The average molecular weight is 485 g/mol. The van der Waals surface area contributed by atoms with E-state index in [1.54, 1.807) is 27.7 Å². The SMILES string of the molecule is CC(C)C[C@@H](C(=O)O)N1C(=O)NC(C)(C)C1=O.CC(C)C[C@H](C(=O)O)N1C(=O)NC(C)(C)C1=O. The molecule has 2 rings (SSSR count). The molecule has 12 nitrogen and oxygen atoms in total. The van der Waals surface area contributed by atoms with E-state index in [4.69, 9.17) is 10.2 Å². The van der Waals surface area contributed by atoms with Crippen LogP contribution in [0.5, 0.6) is 0 Å². The highest BCUT2D eigenvalue weighted by Gasteiger charge is 2.50. The quantitative estimate of drug-likeness (QED) is 0.376. The molecule has 0 spiro atoms. The number of nitrogens with zero attached hydrogens (tertiary/aromatic N) is 2. The number of urea groups is 2. The molecule has 12 heteroatoms. The summed E-state index contributed by atoms with van der Waals surface area (Å²) in [5.41, 5.74) is -2.05. The predicted molar refractivity (Wildman–Crippen MR) is 121 cm³/mol. The number of carboxylic acid groups (broad SMARTS) is 2. The van der Waals surface area contributed by atoms with E-state index in [-0.39, 0.29) is 24.7 Å². The molecule has 34 heavy (non-hydrogen) atoms. The summed E-state index contributed by atoms with van der Waals surface area (Å²) in [4.78, 5) is 71.1. The fourth-order valence-electron chi connectivity index (χ4n) is 3.64. The maximum absolute atomic E-state index is 11.9. The van der Waals surface area contributed by atoms with Gasteiger partial charge in [0.2, 0.25) is 0 Å². The third kappa shape index (κ3) is 6.45. The van der Waals surface area contributed by atoms with Crippen molar-refractivity contribution in [2.75, 3.05) is 0 Å². The van der Waals surface area contributed by atoms with Crippen LogP contribution in [0.4, 0.5) is 9.59 Å². The van der Waals surface area contributed by atoms with Crippen LogP contribution >= 0.6 is 0 Å². The zero-order valence-electron chi connectivity index (χ0n) is 21.0. The monoisotopic (exact) mass is 484 g/mol. The molecule has 2 atom stereocenters. The van der Waals surface area contributed by atoms with Crippen molar-refractivity contribution >= 4 is 35.8 Å². The minimum absolute atomic E-state index is 0.0837. The van der Waals surface area contributed by atoms with Gasteiger partial charge in [-0.15, -0.1) is 0 Å². The molecule has 6 amide bonds. The first-order valence-corrected chi connectivity index (χ1v) is 11.1. The fourth-order valence-corrected chi connectivity index (χ4v) is 3.64. The number of amides is 6. The van der Waals surface area contributed by atoms with Crippen LogP contribution in [-0.4, -0.2) is 79.0 Å². The van der Waals surface area contributed by atoms with Crippen molar-refractivity contribution in [3.8, 4) is 0 Å². The van der Waals surface area contributed by atoms with Gasteiger partial charge in [0, 0.05) is 0 Å². The van der Waals surface area contributed by atoms with Crippen LogP contribution in [0.15, 0.2) is 0 Å². The first kappa shape index (κ1) is 28.9. The molecule has 2 saturated heterocycles. The van der Waals surface area contributed by atoms with Crippen molar-refractivity contribution in [2.45, 2.75) is 91.4 Å². The zero-order valence-corrected chi connectivity index (χ0v) is 21.0. The smallest absolute Gasteiger partial charge is 0.327 e. The number of rotatable bonds is 8. The minimum Gasteiger partial charge on any atom is -0.480 e. The Bertz CT molecular complexity index is 795. The lowest BCUT2D eigenvalue weighted by atomic mass is 10.0. The van der Waals surface area contributed by atoms with Crippen molar-refractivity contribution in [3.05, 3.63) is 0 Å². The van der Waals surface area contributed by atoms with Crippen molar-refractivity contribution < 1.29 is 39.0 Å². The molecule has 0 aromatic heterocycles. The van der Waals surface area contributed by atoms with E-state index in [9.17, 15) is 28.8 Å². The summed E-state index contributed by atoms with van der Waals surface area (Å²) in [7, 11) is 0. The van der Waals surface area contributed by atoms with Gasteiger partial charge in [0.25, 0.3) is 11.8 Å². The van der Waals surface area contributed by atoms with E-state index in [0.29, 0.717) is 0 Å². The van der Waals surface area contributed by atoms with Crippen LogP contribution in [-0.2, 0) is 19.2 Å². The van der Waals surface area contributed by atoms with E-state index in [2.05, 4.69) is 10.6 Å². The molecule has 0 radical (unpaired) electrons.